The van der Waals surface area contributed by atoms with E-state index in [9.17, 15) is 0 Å². The molecule has 0 aromatic rings. The maximum absolute atomic E-state index is 4.77. The van der Waals surface area contributed by atoms with Crippen molar-refractivity contribution in [3.05, 3.63) is 0 Å². The van der Waals surface area contributed by atoms with Crippen molar-refractivity contribution in [2.75, 3.05) is 26.7 Å². The number of nitrogens with zero attached hydrogens (tertiary/aromatic N) is 2. The van der Waals surface area contributed by atoms with E-state index in [4.69, 9.17) is 5.32 Å². The quantitative estimate of drug-likeness (QED) is 0.504. The Labute approximate surface area is 69.0 Å². The van der Waals surface area contributed by atoms with Crippen LogP contribution in [0.2, 0.25) is 0 Å². The normalized spacial score (nSPS) is 40.1. The first-order valence-corrected chi connectivity index (χ1v) is 4.68. The number of likely N-dealkylation sites (N-methyl/N-ethyl adjacent to an activating group) is 1. The average molecular weight is 153 g/mol. The molecule has 0 N–H and O–H groups in total. The van der Waals surface area contributed by atoms with Crippen molar-refractivity contribution in [2.24, 2.45) is 0 Å². The predicted molar refractivity (Wildman–Crippen MR) is 45.7 cm³/mol. The minimum atomic E-state index is 0.396. The lowest BCUT2D eigenvalue weighted by atomic mass is 9.88. The lowest BCUT2D eigenvalue weighted by Gasteiger charge is -2.32. The average Bonchev–Trinajstić information content (AvgIpc) is 2.34. The molecule has 0 amide bonds. The van der Waals surface area contributed by atoms with Gasteiger partial charge in [0.25, 0.3) is 0 Å². The van der Waals surface area contributed by atoms with Crippen LogP contribution in [-0.2, 0) is 0 Å². The molecule has 1 radical (unpaired) electrons. The summed E-state index contributed by atoms with van der Waals surface area (Å²) in [5, 5.41) is 4.77. The SMILES string of the molecule is CN1CCC2(CCCC[N]2)C1. The van der Waals surface area contributed by atoms with E-state index in [0.29, 0.717) is 5.54 Å². The summed E-state index contributed by atoms with van der Waals surface area (Å²) in [6, 6.07) is 0. The largest absolute Gasteiger partial charge is 0.304 e. The van der Waals surface area contributed by atoms with Gasteiger partial charge >= 0.3 is 0 Å². The number of rotatable bonds is 0. The third kappa shape index (κ3) is 1.42. The minimum absolute atomic E-state index is 0.396. The van der Waals surface area contributed by atoms with E-state index >= 15 is 0 Å². The smallest absolute Gasteiger partial charge is 0.0495 e. The van der Waals surface area contributed by atoms with Gasteiger partial charge in [0.1, 0.15) is 0 Å². The fourth-order valence-electron chi connectivity index (χ4n) is 2.35. The van der Waals surface area contributed by atoms with Gasteiger partial charge in [-0.1, -0.05) is 6.42 Å². The van der Waals surface area contributed by atoms with Gasteiger partial charge in [-0.15, -0.1) is 0 Å². The first-order chi connectivity index (χ1) is 5.31. The van der Waals surface area contributed by atoms with E-state index in [2.05, 4.69) is 11.9 Å². The zero-order chi connectivity index (χ0) is 7.73. The Balaban J connectivity index is 1.98. The Kier molecular flexibility index (Phi) is 1.90. The number of hydrogen-bond donors (Lipinski definition) is 0. The van der Waals surface area contributed by atoms with Crippen molar-refractivity contribution in [3.8, 4) is 0 Å². The second kappa shape index (κ2) is 2.76. The van der Waals surface area contributed by atoms with E-state index in [1.54, 1.807) is 0 Å². The fourth-order valence-corrected chi connectivity index (χ4v) is 2.35. The highest BCUT2D eigenvalue weighted by atomic mass is 15.2. The molecule has 0 bridgehead atoms. The molecule has 63 valence electrons. The number of hydrogen-bond acceptors (Lipinski definition) is 1. The predicted octanol–water partition coefficient (Wildman–Crippen LogP) is 0.849. The first kappa shape index (κ1) is 7.56. The zero-order valence-electron chi connectivity index (χ0n) is 7.34. The van der Waals surface area contributed by atoms with Gasteiger partial charge in [0.2, 0.25) is 0 Å². The molecule has 1 atom stereocenters. The summed E-state index contributed by atoms with van der Waals surface area (Å²) >= 11 is 0. The highest BCUT2D eigenvalue weighted by Gasteiger charge is 2.38. The summed E-state index contributed by atoms with van der Waals surface area (Å²) in [6.07, 6.45) is 5.38. The van der Waals surface area contributed by atoms with Crippen LogP contribution in [0, 0.1) is 0 Å². The second-order valence-electron chi connectivity index (χ2n) is 4.05. The molecule has 0 aromatic heterocycles. The summed E-state index contributed by atoms with van der Waals surface area (Å²) in [5.74, 6) is 0. The van der Waals surface area contributed by atoms with Crippen LogP contribution in [0.15, 0.2) is 0 Å². The Bertz CT molecular complexity index is 133. The van der Waals surface area contributed by atoms with E-state index in [0.717, 1.165) is 6.54 Å². The maximum Gasteiger partial charge on any atom is 0.0495 e. The zero-order valence-corrected chi connectivity index (χ0v) is 7.34. The Morgan fingerprint density at radius 2 is 2.18 bits per heavy atom. The first-order valence-electron chi connectivity index (χ1n) is 4.68. The topological polar surface area (TPSA) is 17.3 Å². The summed E-state index contributed by atoms with van der Waals surface area (Å²) in [4.78, 5) is 2.41. The molecule has 2 heteroatoms. The third-order valence-corrected chi connectivity index (χ3v) is 3.02. The van der Waals surface area contributed by atoms with Crippen molar-refractivity contribution in [3.63, 3.8) is 0 Å². The molecule has 2 heterocycles. The highest BCUT2D eigenvalue weighted by Crippen LogP contribution is 2.29. The van der Waals surface area contributed by atoms with Crippen molar-refractivity contribution >= 4 is 0 Å². The van der Waals surface area contributed by atoms with Gasteiger partial charge in [0.05, 0.1) is 0 Å². The van der Waals surface area contributed by atoms with Crippen molar-refractivity contribution in [1.82, 2.24) is 10.2 Å². The Hall–Kier alpha value is -0.0800. The highest BCUT2D eigenvalue weighted by molar-refractivity contribution is 4.97. The van der Waals surface area contributed by atoms with Crippen molar-refractivity contribution < 1.29 is 0 Å². The lowest BCUT2D eigenvalue weighted by molar-refractivity contribution is 0.247. The molecule has 0 aliphatic carbocycles. The summed E-state index contributed by atoms with van der Waals surface area (Å²) in [6.45, 7) is 3.59. The van der Waals surface area contributed by atoms with Gasteiger partial charge in [-0.25, -0.2) is 5.32 Å². The van der Waals surface area contributed by atoms with Crippen LogP contribution >= 0.6 is 0 Å². The molecule has 2 saturated heterocycles. The molecule has 0 aromatic carbocycles. The molecule has 0 saturated carbocycles. The van der Waals surface area contributed by atoms with Crippen molar-refractivity contribution in [1.29, 1.82) is 0 Å². The third-order valence-electron chi connectivity index (χ3n) is 3.02. The van der Waals surface area contributed by atoms with Crippen LogP contribution in [0.25, 0.3) is 0 Å². The van der Waals surface area contributed by atoms with E-state index in [1.165, 1.54) is 38.8 Å². The number of likely N-dealkylation sites (tertiary alicyclic amines) is 1. The van der Waals surface area contributed by atoms with Crippen LogP contribution in [0.5, 0.6) is 0 Å². The van der Waals surface area contributed by atoms with E-state index in [1.807, 2.05) is 0 Å². The van der Waals surface area contributed by atoms with Gasteiger partial charge in [0, 0.05) is 18.6 Å². The molecule has 2 aliphatic heterocycles. The fraction of sp³-hybridized carbons (Fsp3) is 1.00. The van der Waals surface area contributed by atoms with Gasteiger partial charge in [0.15, 0.2) is 0 Å². The molecule has 2 rings (SSSR count). The van der Waals surface area contributed by atoms with Crippen molar-refractivity contribution in [2.45, 2.75) is 31.2 Å². The Morgan fingerprint density at radius 1 is 1.27 bits per heavy atom. The molecular formula is C9H17N2. The molecule has 2 nitrogen and oxygen atoms in total. The minimum Gasteiger partial charge on any atom is -0.304 e. The van der Waals surface area contributed by atoms with E-state index in [-0.39, 0.29) is 0 Å². The molecule has 1 unspecified atom stereocenters. The van der Waals surface area contributed by atoms with Gasteiger partial charge < -0.3 is 4.90 Å². The second-order valence-corrected chi connectivity index (χ2v) is 4.05. The van der Waals surface area contributed by atoms with Gasteiger partial charge in [-0.3, -0.25) is 0 Å². The van der Waals surface area contributed by atoms with E-state index < -0.39 is 0 Å². The van der Waals surface area contributed by atoms with Gasteiger partial charge in [-0.2, -0.15) is 0 Å². The monoisotopic (exact) mass is 153 g/mol. The standard InChI is InChI=1S/C9H17N2/c1-11-7-5-9(8-11)4-2-3-6-10-9/h2-8H2,1H3. The van der Waals surface area contributed by atoms with Crippen LogP contribution < -0.4 is 5.32 Å². The van der Waals surface area contributed by atoms with Crippen LogP contribution in [0.1, 0.15) is 25.7 Å². The van der Waals surface area contributed by atoms with Crippen LogP contribution in [0.3, 0.4) is 0 Å². The lowest BCUT2D eigenvalue weighted by Crippen LogP contribution is -2.45. The van der Waals surface area contributed by atoms with Gasteiger partial charge in [-0.05, 0) is 32.9 Å². The number of piperidine rings is 1. The Morgan fingerprint density at radius 3 is 2.73 bits per heavy atom. The molecular weight excluding hydrogens is 136 g/mol. The molecule has 2 aliphatic rings. The summed E-state index contributed by atoms with van der Waals surface area (Å²) in [7, 11) is 2.21. The summed E-state index contributed by atoms with van der Waals surface area (Å²) < 4.78 is 0. The molecule has 11 heavy (non-hydrogen) atoms. The summed E-state index contributed by atoms with van der Waals surface area (Å²) in [5.41, 5.74) is 0.396. The van der Waals surface area contributed by atoms with Crippen LogP contribution in [-0.4, -0.2) is 37.1 Å². The molecule has 1 spiro atoms. The van der Waals surface area contributed by atoms with Crippen LogP contribution in [0.4, 0.5) is 0 Å². The maximum atomic E-state index is 4.77. The molecule has 2 fully saturated rings.